The van der Waals surface area contributed by atoms with Crippen LogP contribution >= 0.6 is 0 Å². The van der Waals surface area contributed by atoms with Gasteiger partial charge in [-0.25, -0.2) is 0 Å². The molecule has 0 atom stereocenters. The molecular formula is C12H14F6N2. The molecule has 114 valence electrons. The highest BCUT2D eigenvalue weighted by atomic mass is 19.4. The Morgan fingerprint density at radius 1 is 1.10 bits per heavy atom. The van der Waals surface area contributed by atoms with Gasteiger partial charge in [-0.15, -0.1) is 0 Å². The van der Waals surface area contributed by atoms with E-state index in [1.807, 2.05) is 0 Å². The lowest BCUT2D eigenvalue weighted by molar-refractivity contribution is -0.136. The first-order chi connectivity index (χ1) is 8.92. The predicted molar refractivity (Wildman–Crippen MR) is 64.4 cm³/mol. The minimum Gasteiger partial charge on any atom is -0.398 e. The zero-order valence-corrected chi connectivity index (χ0v) is 10.8. The third-order valence-electron chi connectivity index (χ3n) is 2.65. The van der Waals surface area contributed by atoms with Gasteiger partial charge in [0.2, 0.25) is 0 Å². The van der Waals surface area contributed by atoms with E-state index in [0.717, 1.165) is 17.0 Å². The molecule has 2 nitrogen and oxygen atoms in total. The van der Waals surface area contributed by atoms with Crippen molar-refractivity contribution in [3.63, 3.8) is 0 Å². The maximum Gasteiger partial charge on any atom is 0.418 e. The van der Waals surface area contributed by atoms with E-state index in [9.17, 15) is 26.3 Å². The normalized spacial score (nSPS) is 12.8. The van der Waals surface area contributed by atoms with E-state index in [1.165, 1.54) is 13.8 Å². The fraction of sp³-hybridized carbons (Fsp3) is 0.500. The Morgan fingerprint density at radius 2 is 1.65 bits per heavy atom. The summed E-state index contributed by atoms with van der Waals surface area (Å²) >= 11 is 0. The van der Waals surface area contributed by atoms with Crippen LogP contribution < -0.4 is 10.6 Å². The van der Waals surface area contributed by atoms with Crippen LogP contribution in [-0.4, -0.2) is 18.8 Å². The number of benzene rings is 1. The lowest BCUT2D eigenvalue weighted by atomic mass is 10.1. The largest absolute Gasteiger partial charge is 0.418 e. The minimum atomic E-state index is -4.71. The molecule has 0 aliphatic carbocycles. The van der Waals surface area contributed by atoms with Gasteiger partial charge in [0, 0.05) is 17.4 Å². The van der Waals surface area contributed by atoms with Gasteiger partial charge in [-0.3, -0.25) is 0 Å². The van der Waals surface area contributed by atoms with Crippen LogP contribution in [-0.2, 0) is 6.18 Å². The van der Waals surface area contributed by atoms with Crippen LogP contribution in [0.3, 0.4) is 0 Å². The Morgan fingerprint density at radius 3 is 2.05 bits per heavy atom. The Hall–Kier alpha value is -1.60. The molecular weight excluding hydrogens is 286 g/mol. The molecule has 0 saturated heterocycles. The van der Waals surface area contributed by atoms with E-state index in [-0.39, 0.29) is 5.69 Å². The Kier molecular flexibility index (Phi) is 4.45. The first-order valence-corrected chi connectivity index (χ1v) is 5.72. The first kappa shape index (κ1) is 16.5. The van der Waals surface area contributed by atoms with Gasteiger partial charge in [0.15, 0.2) is 0 Å². The summed E-state index contributed by atoms with van der Waals surface area (Å²) < 4.78 is 75.6. The second-order valence-corrected chi connectivity index (χ2v) is 4.61. The van der Waals surface area contributed by atoms with Gasteiger partial charge in [0.25, 0.3) is 0 Å². The van der Waals surface area contributed by atoms with Crippen molar-refractivity contribution in [1.82, 2.24) is 0 Å². The van der Waals surface area contributed by atoms with Crippen LogP contribution in [0.2, 0.25) is 0 Å². The van der Waals surface area contributed by atoms with E-state index in [0.29, 0.717) is 6.07 Å². The number of anilines is 2. The number of alkyl halides is 6. The van der Waals surface area contributed by atoms with Crippen molar-refractivity contribution >= 4 is 11.4 Å². The average Bonchev–Trinajstić information content (AvgIpc) is 2.23. The molecule has 0 spiro atoms. The maximum absolute atomic E-state index is 12.7. The van der Waals surface area contributed by atoms with Gasteiger partial charge >= 0.3 is 12.4 Å². The highest BCUT2D eigenvalue weighted by molar-refractivity contribution is 5.60. The molecule has 1 rings (SSSR count). The first-order valence-electron chi connectivity index (χ1n) is 5.72. The molecule has 8 heteroatoms. The molecule has 0 unspecified atom stereocenters. The molecule has 0 saturated carbocycles. The molecule has 0 amide bonds. The van der Waals surface area contributed by atoms with Crippen molar-refractivity contribution in [3.05, 3.63) is 23.8 Å². The van der Waals surface area contributed by atoms with Crippen molar-refractivity contribution in [2.45, 2.75) is 32.2 Å². The number of nitrogens with zero attached hydrogens (tertiary/aromatic N) is 1. The van der Waals surface area contributed by atoms with Crippen LogP contribution in [0.4, 0.5) is 37.7 Å². The van der Waals surface area contributed by atoms with Gasteiger partial charge < -0.3 is 10.6 Å². The average molecular weight is 300 g/mol. The van der Waals surface area contributed by atoms with E-state index >= 15 is 0 Å². The fourth-order valence-corrected chi connectivity index (χ4v) is 1.73. The summed E-state index contributed by atoms with van der Waals surface area (Å²) in [6.07, 6.45) is -9.22. The molecule has 0 fully saturated rings. The third-order valence-corrected chi connectivity index (χ3v) is 2.65. The van der Waals surface area contributed by atoms with Crippen LogP contribution in [0.1, 0.15) is 19.4 Å². The summed E-state index contributed by atoms with van der Waals surface area (Å²) in [5.74, 6) is 0. The molecule has 0 aliphatic heterocycles. The van der Waals surface area contributed by atoms with Gasteiger partial charge in [0.1, 0.15) is 6.54 Å². The molecule has 2 N–H and O–H groups in total. The zero-order chi connectivity index (χ0) is 15.7. The van der Waals surface area contributed by atoms with Crippen molar-refractivity contribution in [1.29, 1.82) is 0 Å². The molecule has 20 heavy (non-hydrogen) atoms. The minimum absolute atomic E-state index is 0.168. The second kappa shape index (κ2) is 5.41. The number of hydrogen-bond acceptors (Lipinski definition) is 2. The molecule has 0 aliphatic rings. The number of rotatable bonds is 3. The monoisotopic (exact) mass is 300 g/mol. The summed E-state index contributed by atoms with van der Waals surface area (Å²) in [6, 6.07) is 2.14. The van der Waals surface area contributed by atoms with Crippen LogP contribution in [0, 0.1) is 0 Å². The van der Waals surface area contributed by atoms with Crippen molar-refractivity contribution in [3.8, 4) is 0 Å². The number of hydrogen-bond donors (Lipinski definition) is 1. The van der Waals surface area contributed by atoms with Crippen LogP contribution in [0.15, 0.2) is 18.2 Å². The van der Waals surface area contributed by atoms with Crippen LogP contribution in [0.25, 0.3) is 0 Å². The van der Waals surface area contributed by atoms with Crippen molar-refractivity contribution < 1.29 is 26.3 Å². The van der Waals surface area contributed by atoms with Crippen molar-refractivity contribution in [2.75, 3.05) is 17.2 Å². The highest BCUT2D eigenvalue weighted by Crippen LogP contribution is 2.36. The lowest BCUT2D eigenvalue weighted by Gasteiger charge is -2.30. The molecule has 1 aromatic rings. The Balaban J connectivity index is 3.22. The van der Waals surface area contributed by atoms with E-state index in [4.69, 9.17) is 5.73 Å². The predicted octanol–water partition coefficient (Wildman–Crippen LogP) is 4.06. The second-order valence-electron chi connectivity index (χ2n) is 4.61. The topological polar surface area (TPSA) is 29.3 Å². The summed E-state index contributed by atoms with van der Waals surface area (Å²) in [4.78, 5) is 0.842. The highest BCUT2D eigenvalue weighted by Gasteiger charge is 2.35. The Labute approximate surface area is 112 Å². The molecule has 1 aromatic carbocycles. The molecule has 0 radical (unpaired) electrons. The third kappa shape index (κ3) is 4.21. The quantitative estimate of drug-likeness (QED) is 0.673. The standard InChI is InChI=1S/C12H14F6N2/c1-7(2)20(6-11(13,14)15)8-3-4-10(19)9(5-8)12(16,17)18/h3-5,7H,6,19H2,1-2H3. The molecule has 0 heterocycles. The fourth-order valence-electron chi connectivity index (χ4n) is 1.73. The number of halogens is 6. The summed E-state index contributed by atoms with van der Waals surface area (Å²) in [5.41, 5.74) is 3.40. The van der Waals surface area contributed by atoms with E-state index < -0.39 is 36.2 Å². The molecule has 0 aromatic heterocycles. The summed E-state index contributed by atoms with van der Waals surface area (Å²) in [7, 11) is 0. The maximum atomic E-state index is 12.7. The van der Waals surface area contributed by atoms with Crippen LogP contribution in [0.5, 0.6) is 0 Å². The van der Waals surface area contributed by atoms with E-state index in [1.54, 1.807) is 0 Å². The molecule has 0 bridgehead atoms. The van der Waals surface area contributed by atoms with Crippen molar-refractivity contribution in [2.24, 2.45) is 0 Å². The Bertz CT molecular complexity index is 464. The lowest BCUT2D eigenvalue weighted by Crippen LogP contribution is -2.39. The van der Waals surface area contributed by atoms with Gasteiger partial charge in [-0.05, 0) is 32.0 Å². The summed E-state index contributed by atoms with van der Waals surface area (Å²) in [5, 5.41) is 0. The zero-order valence-electron chi connectivity index (χ0n) is 10.8. The summed E-state index contributed by atoms with van der Waals surface area (Å²) in [6.45, 7) is 1.61. The number of nitrogens with two attached hydrogens (primary N) is 1. The van der Waals surface area contributed by atoms with E-state index in [2.05, 4.69) is 0 Å². The van der Waals surface area contributed by atoms with Gasteiger partial charge in [-0.1, -0.05) is 0 Å². The van der Waals surface area contributed by atoms with Gasteiger partial charge in [0.05, 0.1) is 5.56 Å². The smallest absolute Gasteiger partial charge is 0.398 e. The SMILES string of the molecule is CC(C)N(CC(F)(F)F)c1ccc(N)c(C(F)(F)F)c1. The number of nitrogen functional groups attached to an aromatic ring is 1. The van der Waals surface area contributed by atoms with Gasteiger partial charge in [-0.2, -0.15) is 26.3 Å².